The van der Waals surface area contributed by atoms with E-state index in [0.717, 1.165) is 9.64 Å². The largest absolute Gasteiger partial charge is 0.393 e. The van der Waals surface area contributed by atoms with E-state index < -0.39 is 34.4 Å². The molecule has 0 spiro atoms. The molecule has 27 heavy (non-hydrogen) atoms. The van der Waals surface area contributed by atoms with E-state index in [1.807, 2.05) is 22.6 Å². The number of halogens is 5. The summed E-state index contributed by atoms with van der Waals surface area (Å²) in [6.45, 7) is 1.60. The van der Waals surface area contributed by atoms with Gasteiger partial charge >= 0.3 is 0 Å². The predicted octanol–water partition coefficient (Wildman–Crippen LogP) is 5.05. The van der Waals surface area contributed by atoms with Crippen molar-refractivity contribution in [3.05, 3.63) is 55.1 Å². The van der Waals surface area contributed by atoms with Gasteiger partial charge in [-0.15, -0.1) is 0 Å². The average molecular weight is 531 g/mol. The molecule has 2 rings (SSSR count). The smallest absolute Gasteiger partial charge is 0.277 e. The molecule has 10 heteroatoms. The van der Waals surface area contributed by atoms with Gasteiger partial charge in [-0.1, -0.05) is 23.2 Å². The van der Waals surface area contributed by atoms with Gasteiger partial charge < -0.3 is 10.4 Å². The van der Waals surface area contributed by atoms with Gasteiger partial charge in [0.15, 0.2) is 11.6 Å². The second-order valence-electron chi connectivity index (χ2n) is 5.58. The second-order valence-corrected chi connectivity index (χ2v) is 7.64. The number of benzene rings is 2. The van der Waals surface area contributed by atoms with Crippen LogP contribution in [0.2, 0.25) is 10.0 Å². The standard InChI is InChI=1S/C17H15Cl2F2IN2O3/c1-8(25)4-5-27-24-17(26)10-7-12(19)14(20)15(21)16(10)23-13-3-2-9(22)6-11(13)18/h2-3,6-8,23,25H,4-5H2,1H3,(H,24,26). The Morgan fingerprint density at radius 3 is 2.59 bits per heavy atom. The molecule has 0 fully saturated rings. The Bertz CT molecular complexity index is 853. The highest BCUT2D eigenvalue weighted by molar-refractivity contribution is 14.1. The number of aliphatic hydroxyl groups is 1. The van der Waals surface area contributed by atoms with Crippen LogP contribution in [0.25, 0.3) is 0 Å². The zero-order chi connectivity index (χ0) is 20.1. The Morgan fingerprint density at radius 2 is 1.96 bits per heavy atom. The zero-order valence-electron chi connectivity index (χ0n) is 14.0. The molecule has 2 aromatic carbocycles. The van der Waals surface area contributed by atoms with Gasteiger partial charge in [-0.3, -0.25) is 9.63 Å². The summed E-state index contributed by atoms with van der Waals surface area (Å²) in [6.07, 6.45) is -0.331. The molecule has 2 aromatic rings. The van der Waals surface area contributed by atoms with E-state index >= 15 is 0 Å². The number of hydrogen-bond donors (Lipinski definition) is 3. The van der Waals surface area contributed by atoms with Gasteiger partial charge in [0.2, 0.25) is 0 Å². The first kappa shape index (κ1) is 22.1. The van der Waals surface area contributed by atoms with E-state index in [-0.39, 0.29) is 29.3 Å². The van der Waals surface area contributed by atoms with Crippen LogP contribution in [-0.4, -0.2) is 23.7 Å². The highest BCUT2D eigenvalue weighted by Crippen LogP contribution is 2.33. The zero-order valence-corrected chi connectivity index (χ0v) is 17.6. The van der Waals surface area contributed by atoms with Crippen molar-refractivity contribution in [3.63, 3.8) is 0 Å². The van der Waals surface area contributed by atoms with Crippen LogP contribution >= 0.6 is 45.8 Å². The Kier molecular flexibility index (Phi) is 8.04. The molecule has 5 nitrogen and oxygen atoms in total. The number of hydrogen-bond acceptors (Lipinski definition) is 4. The fourth-order valence-corrected chi connectivity index (χ4v) is 3.12. The van der Waals surface area contributed by atoms with E-state index in [9.17, 15) is 13.6 Å². The first-order valence-corrected chi connectivity index (χ1v) is 9.54. The molecule has 0 saturated carbocycles. The van der Waals surface area contributed by atoms with Crippen molar-refractivity contribution in [2.75, 3.05) is 11.9 Å². The summed E-state index contributed by atoms with van der Waals surface area (Å²) in [5, 5.41) is 11.5. The fourth-order valence-electron chi connectivity index (χ4n) is 2.02. The summed E-state index contributed by atoms with van der Waals surface area (Å²) in [4.78, 5) is 17.3. The number of anilines is 2. The molecular formula is C17H15Cl2F2IN2O3. The van der Waals surface area contributed by atoms with Crippen LogP contribution in [0.3, 0.4) is 0 Å². The van der Waals surface area contributed by atoms with Crippen molar-refractivity contribution in [1.29, 1.82) is 0 Å². The summed E-state index contributed by atoms with van der Waals surface area (Å²) in [5.74, 6) is -3.47. The maximum Gasteiger partial charge on any atom is 0.277 e. The molecule has 0 heterocycles. The Balaban J connectivity index is 2.32. The van der Waals surface area contributed by atoms with Gasteiger partial charge in [-0.05, 0) is 60.2 Å². The Labute approximate surface area is 178 Å². The van der Waals surface area contributed by atoms with Gasteiger partial charge in [0, 0.05) is 3.57 Å². The van der Waals surface area contributed by atoms with Crippen molar-refractivity contribution in [2.24, 2.45) is 0 Å². The molecule has 1 amide bonds. The lowest BCUT2D eigenvalue weighted by atomic mass is 10.1. The third-order valence-corrected chi connectivity index (χ3v) is 4.66. The average Bonchev–Trinajstić information content (AvgIpc) is 2.60. The predicted molar refractivity (Wildman–Crippen MR) is 109 cm³/mol. The summed E-state index contributed by atoms with van der Waals surface area (Å²) in [5.41, 5.74) is 1.68. The van der Waals surface area contributed by atoms with Crippen LogP contribution in [0.4, 0.5) is 20.2 Å². The molecule has 1 unspecified atom stereocenters. The minimum Gasteiger partial charge on any atom is -0.393 e. The van der Waals surface area contributed by atoms with Crippen LogP contribution in [0.15, 0.2) is 24.3 Å². The molecule has 1 atom stereocenters. The minimum atomic E-state index is -1.33. The molecule has 0 aliphatic heterocycles. The lowest BCUT2D eigenvalue weighted by Gasteiger charge is -2.15. The first-order chi connectivity index (χ1) is 12.7. The van der Waals surface area contributed by atoms with Crippen molar-refractivity contribution in [3.8, 4) is 0 Å². The van der Waals surface area contributed by atoms with Crippen LogP contribution < -0.4 is 10.8 Å². The number of carbonyl (C=O) groups excluding carboxylic acids is 1. The number of hydroxylamine groups is 1. The maximum atomic E-state index is 14.5. The minimum absolute atomic E-state index is 0.0343. The highest BCUT2D eigenvalue weighted by Gasteiger charge is 2.23. The van der Waals surface area contributed by atoms with Crippen molar-refractivity contribution in [1.82, 2.24) is 5.48 Å². The van der Waals surface area contributed by atoms with Crippen molar-refractivity contribution >= 4 is 63.1 Å². The van der Waals surface area contributed by atoms with E-state index in [4.69, 9.17) is 33.1 Å². The highest BCUT2D eigenvalue weighted by atomic mass is 127. The van der Waals surface area contributed by atoms with E-state index in [0.29, 0.717) is 0 Å². The van der Waals surface area contributed by atoms with E-state index in [1.165, 1.54) is 0 Å². The second kappa shape index (κ2) is 9.83. The number of amides is 1. The van der Waals surface area contributed by atoms with Crippen LogP contribution in [-0.2, 0) is 4.84 Å². The number of rotatable bonds is 7. The molecule has 0 bridgehead atoms. The summed E-state index contributed by atoms with van der Waals surface area (Å²) < 4.78 is 29.2. The molecule has 3 N–H and O–H groups in total. The van der Waals surface area contributed by atoms with Gasteiger partial charge in [-0.2, -0.15) is 0 Å². The van der Waals surface area contributed by atoms with Crippen molar-refractivity contribution < 1.29 is 23.5 Å². The van der Waals surface area contributed by atoms with E-state index in [1.54, 1.807) is 25.1 Å². The third kappa shape index (κ3) is 5.89. The SMILES string of the molecule is CC(O)CCONC(=O)c1cc(Cl)c(F)c(F)c1Nc1ccc(I)cc1Cl. The van der Waals surface area contributed by atoms with Gasteiger partial charge in [0.05, 0.1) is 39.7 Å². The van der Waals surface area contributed by atoms with Crippen molar-refractivity contribution in [2.45, 2.75) is 19.4 Å². The number of aliphatic hydroxyl groups excluding tert-OH is 1. The molecule has 146 valence electrons. The Hall–Kier alpha value is -1.20. The summed E-state index contributed by atoms with van der Waals surface area (Å²) >= 11 is 13.8. The van der Waals surface area contributed by atoms with E-state index in [2.05, 4.69) is 10.8 Å². The number of carbonyl (C=O) groups is 1. The molecule has 0 aliphatic carbocycles. The monoisotopic (exact) mass is 530 g/mol. The topological polar surface area (TPSA) is 70.6 Å². The third-order valence-electron chi connectivity index (χ3n) is 3.40. The summed E-state index contributed by atoms with van der Waals surface area (Å²) in [7, 11) is 0. The first-order valence-electron chi connectivity index (χ1n) is 7.70. The lowest BCUT2D eigenvalue weighted by molar-refractivity contribution is 0.0187. The van der Waals surface area contributed by atoms with Crippen LogP contribution in [0.5, 0.6) is 0 Å². The van der Waals surface area contributed by atoms with Crippen LogP contribution in [0, 0.1) is 15.2 Å². The summed E-state index contributed by atoms with van der Waals surface area (Å²) in [6, 6.07) is 5.87. The van der Waals surface area contributed by atoms with Gasteiger partial charge in [0.25, 0.3) is 5.91 Å². The normalized spacial score (nSPS) is 12.0. The van der Waals surface area contributed by atoms with Crippen LogP contribution in [0.1, 0.15) is 23.7 Å². The molecule has 0 radical (unpaired) electrons. The fraction of sp³-hybridized carbons (Fsp3) is 0.235. The molecule has 0 aliphatic rings. The number of nitrogens with one attached hydrogen (secondary N) is 2. The van der Waals surface area contributed by atoms with Gasteiger partial charge in [-0.25, -0.2) is 14.3 Å². The Morgan fingerprint density at radius 1 is 1.26 bits per heavy atom. The molecular weight excluding hydrogens is 516 g/mol. The molecule has 0 aromatic heterocycles. The quantitative estimate of drug-likeness (QED) is 0.203. The van der Waals surface area contributed by atoms with Gasteiger partial charge in [0.1, 0.15) is 0 Å². The molecule has 0 saturated heterocycles. The lowest BCUT2D eigenvalue weighted by Crippen LogP contribution is -2.26. The maximum absolute atomic E-state index is 14.5.